The summed E-state index contributed by atoms with van der Waals surface area (Å²) >= 11 is 0. The Morgan fingerprint density at radius 1 is 1.05 bits per heavy atom. The Kier molecular flexibility index (Phi) is 3.87. The van der Waals surface area contributed by atoms with Gasteiger partial charge in [-0.15, -0.1) is 0 Å². The molecule has 112 valence electrons. The summed E-state index contributed by atoms with van der Waals surface area (Å²) in [6, 6.07) is 14.7. The van der Waals surface area contributed by atoms with Crippen LogP contribution in [0.5, 0.6) is 0 Å². The highest BCUT2D eigenvalue weighted by Crippen LogP contribution is 2.24. The summed E-state index contributed by atoms with van der Waals surface area (Å²) < 4.78 is 18.5. The van der Waals surface area contributed by atoms with Crippen molar-refractivity contribution in [2.24, 2.45) is 0 Å². The molecule has 0 aliphatic heterocycles. The average Bonchev–Trinajstić information content (AvgIpc) is 3.04. The molecule has 0 bridgehead atoms. The molecule has 1 aromatic heterocycles. The van der Waals surface area contributed by atoms with Crippen LogP contribution in [0.2, 0.25) is 0 Å². The summed E-state index contributed by atoms with van der Waals surface area (Å²) in [5, 5.41) is 3.98. The number of rotatable bonds is 4. The van der Waals surface area contributed by atoms with Crippen LogP contribution in [0.1, 0.15) is 6.92 Å². The molecule has 0 aliphatic carbocycles. The van der Waals surface area contributed by atoms with Crippen molar-refractivity contribution in [3.63, 3.8) is 0 Å². The molecule has 0 N–H and O–H groups in total. The van der Waals surface area contributed by atoms with Crippen molar-refractivity contribution >= 4 is 6.01 Å². The molecule has 2 aromatic carbocycles. The van der Waals surface area contributed by atoms with Crippen molar-refractivity contribution in [1.29, 1.82) is 0 Å². The Bertz CT molecular complexity index is 768. The minimum Gasteiger partial charge on any atom is -0.328 e. The maximum Gasteiger partial charge on any atom is 0.324 e. The zero-order valence-corrected chi connectivity index (χ0v) is 12.5. The van der Waals surface area contributed by atoms with Gasteiger partial charge in [-0.3, -0.25) is 0 Å². The van der Waals surface area contributed by atoms with Gasteiger partial charge >= 0.3 is 6.01 Å². The van der Waals surface area contributed by atoms with Gasteiger partial charge in [0.15, 0.2) is 0 Å². The van der Waals surface area contributed by atoms with Crippen LogP contribution in [0, 0.1) is 5.82 Å². The smallest absolute Gasteiger partial charge is 0.324 e. The number of halogens is 1. The maximum absolute atomic E-state index is 13.3. The molecule has 1 heterocycles. The van der Waals surface area contributed by atoms with Gasteiger partial charge in [-0.1, -0.05) is 41.6 Å². The third-order valence-corrected chi connectivity index (χ3v) is 3.52. The molecular formula is C17H16FN3O. The van der Waals surface area contributed by atoms with E-state index in [2.05, 4.69) is 10.1 Å². The molecule has 0 unspecified atom stereocenters. The molecular weight excluding hydrogens is 281 g/mol. The van der Waals surface area contributed by atoms with E-state index in [0.29, 0.717) is 11.8 Å². The SMILES string of the molecule is CCN(C)c1nc(-c2ccc(-c3cccc(F)c3)cc2)no1. The second-order valence-corrected chi connectivity index (χ2v) is 5.00. The van der Waals surface area contributed by atoms with E-state index in [-0.39, 0.29) is 5.82 Å². The van der Waals surface area contributed by atoms with Gasteiger partial charge in [0.1, 0.15) is 5.82 Å². The lowest BCUT2D eigenvalue weighted by molar-refractivity contribution is 0.420. The fourth-order valence-electron chi connectivity index (χ4n) is 2.10. The first kappa shape index (κ1) is 14.3. The first-order valence-electron chi connectivity index (χ1n) is 7.08. The Labute approximate surface area is 128 Å². The Morgan fingerprint density at radius 3 is 2.45 bits per heavy atom. The third kappa shape index (κ3) is 2.83. The van der Waals surface area contributed by atoms with E-state index in [1.54, 1.807) is 6.07 Å². The van der Waals surface area contributed by atoms with Crippen molar-refractivity contribution < 1.29 is 8.91 Å². The molecule has 5 heteroatoms. The van der Waals surface area contributed by atoms with Crippen LogP contribution >= 0.6 is 0 Å². The number of aromatic nitrogens is 2. The van der Waals surface area contributed by atoms with E-state index in [0.717, 1.165) is 23.2 Å². The Hall–Kier alpha value is -2.69. The van der Waals surface area contributed by atoms with Crippen LogP contribution in [-0.2, 0) is 0 Å². The first-order chi connectivity index (χ1) is 10.7. The van der Waals surface area contributed by atoms with E-state index in [1.165, 1.54) is 12.1 Å². The summed E-state index contributed by atoms with van der Waals surface area (Å²) in [5.41, 5.74) is 2.64. The first-order valence-corrected chi connectivity index (χ1v) is 7.08. The molecule has 4 nitrogen and oxygen atoms in total. The molecule has 3 aromatic rings. The predicted octanol–water partition coefficient (Wildman–Crippen LogP) is 4.00. The van der Waals surface area contributed by atoms with Crippen LogP contribution in [0.15, 0.2) is 53.1 Å². The summed E-state index contributed by atoms with van der Waals surface area (Å²) in [6.07, 6.45) is 0. The highest BCUT2D eigenvalue weighted by Gasteiger charge is 2.11. The second-order valence-electron chi connectivity index (χ2n) is 5.00. The monoisotopic (exact) mass is 297 g/mol. The summed E-state index contributed by atoms with van der Waals surface area (Å²) in [6.45, 7) is 2.80. The van der Waals surface area contributed by atoms with Gasteiger partial charge in [-0.05, 0) is 30.2 Å². The van der Waals surface area contributed by atoms with E-state index in [4.69, 9.17) is 4.52 Å². The molecule has 3 rings (SSSR count). The molecule has 0 saturated carbocycles. The minimum absolute atomic E-state index is 0.244. The molecule has 0 atom stereocenters. The Morgan fingerprint density at radius 2 is 1.77 bits per heavy atom. The zero-order valence-electron chi connectivity index (χ0n) is 12.5. The van der Waals surface area contributed by atoms with E-state index < -0.39 is 0 Å². The molecule has 0 aliphatic rings. The van der Waals surface area contributed by atoms with Crippen molar-refractivity contribution in [2.45, 2.75) is 6.92 Å². The van der Waals surface area contributed by atoms with Gasteiger partial charge in [0, 0.05) is 19.2 Å². The largest absolute Gasteiger partial charge is 0.328 e. The highest BCUT2D eigenvalue weighted by atomic mass is 19.1. The predicted molar refractivity (Wildman–Crippen MR) is 84.1 cm³/mol. The van der Waals surface area contributed by atoms with Gasteiger partial charge in [0.2, 0.25) is 5.82 Å². The lowest BCUT2D eigenvalue weighted by Gasteiger charge is -2.08. The number of benzene rings is 2. The third-order valence-electron chi connectivity index (χ3n) is 3.52. The molecule has 0 spiro atoms. The maximum atomic E-state index is 13.3. The summed E-state index contributed by atoms with van der Waals surface area (Å²) in [4.78, 5) is 6.23. The number of hydrogen-bond donors (Lipinski definition) is 0. The van der Waals surface area contributed by atoms with Crippen molar-refractivity contribution in [3.05, 3.63) is 54.3 Å². The molecule has 0 saturated heterocycles. The van der Waals surface area contributed by atoms with E-state index in [1.807, 2.05) is 49.2 Å². The number of hydrogen-bond acceptors (Lipinski definition) is 4. The van der Waals surface area contributed by atoms with Crippen LogP contribution in [-0.4, -0.2) is 23.7 Å². The van der Waals surface area contributed by atoms with Crippen molar-refractivity contribution in [1.82, 2.24) is 10.1 Å². The normalized spacial score (nSPS) is 10.7. The fourth-order valence-corrected chi connectivity index (χ4v) is 2.10. The lowest BCUT2D eigenvalue weighted by Crippen LogP contribution is -2.15. The minimum atomic E-state index is -0.244. The van der Waals surface area contributed by atoms with Crippen molar-refractivity contribution in [3.8, 4) is 22.5 Å². The van der Waals surface area contributed by atoms with Gasteiger partial charge in [-0.2, -0.15) is 4.98 Å². The van der Waals surface area contributed by atoms with Gasteiger partial charge in [0.25, 0.3) is 0 Å². The standard InChI is InChI=1S/C17H16FN3O/c1-3-21(2)17-19-16(20-22-17)13-9-7-12(8-10-13)14-5-4-6-15(18)11-14/h4-11H,3H2,1-2H3. The number of nitrogens with zero attached hydrogens (tertiary/aromatic N) is 3. The second kappa shape index (κ2) is 5.97. The molecule has 0 amide bonds. The molecule has 0 fully saturated rings. The quantitative estimate of drug-likeness (QED) is 0.730. The zero-order chi connectivity index (χ0) is 15.5. The van der Waals surface area contributed by atoms with Crippen LogP contribution in [0.4, 0.5) is 10.4 Å². The van der Waals surface area contributed by atoms with Crippen molar-refractivity contribution in [2.75, 3.05) is 18.5 Å². The van der Waals surface area contributed by atoms with E-state index in [9.17, 15) is 4.39 Å². The van der Waals surface area contributed by atoms with E-state index >= 15 is 0 Å². The van der Waals surface area contributed by atoms with Gasteiger partial charge in [-0.25, -0.2) is 4.39 Å². The Balaban J connectivity index is 1.86. The lowest BCUT2D eigenvalue weighted by atomic mass is 10.0. The average molecular weight is 297 g/mol. The summed E-state index contributed by atoms with van der Waals surface area (Å²) in [5.74, 6) is 0.299. The van der Waals surface area contributed by atoms with Crippen LogP contribution < -0.4 is 4.90 Å². The highest BCUT2D eigenvalue weighted by molar-refractivity contribution is 5.67. The topological polar surface area (TPSA) is 42.2 Å². The summed E-state index contributed by atoms with van der Waals surface area (Å²) in [7, 11) is 1.89. The van der Waals surface area contributed by atoms with Crippen LogP contribution in [0.25, 0.3) is 22.5 Å². The fraction of sp³-hybridized carbons (Fsp3) is 0.176. The molecule has 22 heavy (non-hydrogen) atoms. The van der Waals surface area contributed by atoms with Gasteiger partial charge in [0.05, 0.1) is 0 Å². The molecule has 0 radical (unpaired) electrons. The van der Waals surface area contributed by atoms with Crippen LogP contribution in [0.3, 0.4) is 0 Å². The van der Waals surface area contributed by atoms with Gasteiger partial charge < -0.3 is 9.42 Å². The number of anilines is 1.